The van der Waals surface area contributed by atoms with Crippen LogP contribution in [0.4, 0.5) is 4.79 Å². The summed E-state index contributed by atoms with van der Waals surface area (Å²) in [6.45, 7) is 3.39. The third-order valence-corrected chi connectivity index (χ3v) is 5.73. The number of benzene rings is 1. The zero-order valence-corrected chi connectivity index (χ0v) is 12.0. The molecule has 0 saturated carbocycles. The lowest BCUT2D eigenvalue weighted by Gasteiger charge is -2.36. The van der Waals surface area contributed by atoms with E-state index in [0.717, 1.165) is 30.7 Å². The molecule has 102 valence electrons. The Labute approximate surface area is 118 Å². The number of fused-ring (bicyclic) bond motifs is 2. The van der Waals surface area contributed by atoms with Gasteiger partial charge in [-0.15, -0.1) is 0 Å². The molecule has 0 aliphatic carbocycles. The van der Waals surface area contributed by atoms with E-state index in [-0.39, 0.29) is 11.6 Å². The molecule has 2 atom stereocenters. The highest BCUT2D eigenvalue weighted by atomic mass is 32.2. The van der Waals surface area contributed by atoms with Crippen LogP contribution in [0.25, 0.3) is 0 Å². The van der Waals surface area contributed by atoms with E-state index < -0.39 is 0 Å². The number of carbonyl (C=O) groups excluding carboxylic acids is 1. The Kier molecular flexibility index (Phi) is 3.44. The van der Waals surface area contributed by atoms with Crippen molar-refractivity contribution < 1.29 is 9.53 Å². The van der Waals surface area contributed by atoms with Crippen molar-refractivity contribution >= 4 is 17.9 Å². The Morgan fingerprint density at radius 2 is 2.26 bits per heavy atom. The first-order valence-electron chi connectivity index (χ1n) is 6.83. The van der Waals surface area contributed by atoms with Crippen LogP contribution in [0.3, 0.4) is 0 Å². The standard InChI is InChI=1S/C15H19NO2S/c1-2-15-8-13(19-11-15)9-16(15)14(17)18-10-12-6-4-3-5-7-12/h3-7,13H,2,8-11H2,1H3. The largest absolute Gasteiger partial charge is 0.445 e. The van der Waals surface area contributed by atoms with Crippen molar-refractivity contribution in [2.75, 3.05) is 12.3 Å². The molecule has 1 aromatic carbocycles. The number of carbonyl (C=O) groups is 1. The minimum Gasteiger partial charge on any atom is -0.445 e. The molecule has 2 unspecified atom stereocenters. The quantitative estimate of drug-likeness (QED) is 0.849. The molecule has 2 aliphatic heterocycles. The average molecular weight is 277 g/mol. The number of rotatable bonds is 3. The number of hydrogen-bond acceptors (Lipinski definition) is 3. The van der Waals surface area contributed by atoms with Gasteiger partial charge in [-0.3, -0.25) is 0 Å². The highest BCUT2D eigenvalue weighted by Gasteiger charge is 2.52. The van der Waals surface area contributed by atoms with Gasteiger partial charge in [0.05, 0.1) is 5.54 Å². The molecule has 0 N–H and O–H groups in total. The second-order valence-corrected chi connectivity index (χ2v) is 6.65. The van der Waals surface area contributed by atoms with E-state index in [0.29, 0.717) is 11.9 Å². The zero-order chi connectivity index (χ0) is 13.3. The number of likely N-dealkylation sites (tertiary alicyclic amines) is 1. The van der Waals surface area contributed by atoms with Gasteiger partial charge < -0.3 is 9.64 Å². The van der Waals surface area contributed by atoms with Crippen molar-refractivity contribution in [1.82, 2.24) is 4.90 Å². The predicted molar refractivity (Wildman–Crippen MR) is 77.2 cm³/mol. The molecule has 3 nitrogen and oxygen atoms in total. The van der Waals surface area contributed by atoms with Gasteiger partial charge in [0, 0.05) is 17.5 Å². The first kappa shape index (κ1) is 12.9. The molecule has 2 fully saturated rings. The number of ether oxygens (including phenoxy) is 1. The molecular formula is C15H19NO2S. The molecule has 0 spiro atoms. The van der Waals surface area contributed by atoms with E-state index in [4.69, 9.17) is 4.74 Å². The second kappa shape index (κ2) is 5.08. The van der Waals surface area contributed by atoms with Crippen LogP contribution in [0, 0.1) is 0 Å². The van der Waals surface area contributed by atoms with Crippen LogP contribution in [-0.4, -0.2) is 34.1 Å². The SMILES string of the molecule is CCC12CSC(CN1C(=O)OCc1ccccc1)C2. The number of nitrogens with zero attached hydrogens (tertiary/aromatic N) is 1. The fraction of sp³-hybridized carbons (Fsp3) is 0.533. The zero-order valence-electron chi connectivity index (χ0n) is 11.2. The van der Waals surface area contributed by atoms with E-state index >= 15 is 0 Å². The summed E-state index contributed by atoms with van der Waals surface area (Å²) in [5, 5.41) is 0.615. The van der Waals surface area contributed by atoms with Crippen molar-refractivity contribution in [3.05, 3.63) is 35.9 Å². The number of amides is 1. The lowest BCUT2D eigenvalue weighted by molar-refractivity contribution is 0.0697. The topological polar surface area (TPSA) is 29.5 Å². The predicted octanol–water partition coefficient (Wildman–Crippen LogP) is 3.29. The van der Waals surface area contributed by atoms with Gasteiger partial charge in [-0.05, 0) is 18.4 Å². The Hall–Kier alpha value is -1.16. The monoisotopic (exact) mass is 277 g/mol. The fourth-order valence-corrected chi connectivity index (χ4v) is 4.73. The van der Waals surface area contributed by atoms with Crippen molar-refractivity contribution in [3.8, 4) is 0 Å². The lowest BCUT2D eigenvalue weighted by atomic mass is 9.96. The molecule has 0 aromatic heterocycles. The third kappa shape index (κ3) is 2.34. The molecule has 2 bridgehead atoms. The Morgan fingerprint density at radius 1 is 1.47 bits per heavy atom. The molecule has 2 heterocycles. The molecule has 1 aromatic rings. The normalized spacial score (nSPS) is 28.7. The maximum atomic E-state index is 12.3. The molecule has 19 heavy (non-hydrogen) atoms. The van der Waals surface area contributed by atoms with Gasteiger partial charge in [-0.2, -0.15) is 11.8 Å². The van der Waals surface area contributed by atoms with Crippen molar-refractivity contribution in [3.63, 3.8) is 0 Å². The van der Waals surface area contributed by atoms with Crippen LogP contribution in [0.15, 0.2) is 30.3 Å². The van der Waals surface area contributed by atoms with E-state index in [1.165, 1.54) is 0 Å². The second-order valence-electron chi connectivity index (χ2n) is 5.37. The third-order valence-electron chi connectivity index (χ3n) is 4.24. The smallest absolute Gasteiger partial charge is 0.410 e. The summed E-state index contributed by atoms with van der Waals surface area (Å²) >= 11 is 2.00. The van der Waals surface area contributed by atoms with Gasteiger partial charge in [0.1, 0.15) is 6.61 Å². The minimum atomic E-state index is -0.145. The summed E-state index contributed by atoms with van der Waals surface area (Å²) in [5.41, 5.74) is 1.10. The van der Waals surface area contributed by atoms with Gasteiger partial charge in [0.2, 0.25) is 0 Å². The van der Waals surface area contributed by atoms with Gasteiger partial charge in [0.25, 0.3) is 0 Å². The lowest BCUT2D eigenvalue weighted by Crippen LogP contribution is -2.49. The van der Waals surface area contributed by atoms with Crippen LogP contribution in [0.5, 0.6) is 0 Å². The summed E-state index contributed by atoms with van der Waals surface area (Å²) in [6, 6.07) is 9.86. The summed E-state index contributed by atoms with van der Waals surface area (Å²) in [7, 11) is 0. The van der Waals surface area contributed by atoms with Crippen LogP contribution in [-0.2, 0) is 11.3 Å². The van der Waals surface area contributed by atoms with E-state index in [9.17, 15) is 4.79 Å². The van der Waals surface area contributed by atoms with Gasteiger partial charge >= 0.3 is 6.09 Å². The van der Waals surface area contributed by atoms with Crippen LogP contribution in [0.2, 0.25) is 0 Å². The first-order valence-corrected chi connectivity index (χ1v) is 7.88. The van der Waals surface area contributed by atoms with Gasteiger partial charge in [0.15, 0.2) is 0 Å². The minimum absolute atomic E-state index is 0.0586. The average Bonchev–Trinajstić information content (AvgIpc) is 3.04. The van der Waals surface area contributed by atoms with Crippen LogP contribution < -0.4 is 0 Å². The highest BCUT2D eigenvalue weighted by Crippen LogP contribution is 2.47. The molecular weight excluding hydrogens is 258 g/mol. The van der Waals surface area contributed by atoms with Gasteiger partial charge in [-0.25, -0.2) is 4.79 Å². The number of hydrogen-bond donors (Lipinski definition) is 0. The maximum Gasteiger partial charge on any atom is 0.410 e. The van der Waals surface area contributed by atoms with E-state index in [1.807, 2.05) is 47.0 Å². The summed E-state index contributed by atoms with van der Waals surface area (Å²) in [6.07, 6.45) is 2.01. The summed E-state index contributed by atoms with van der Waals surface area (Å²) in [4.78, 5) is 14.2. The van der Waals surface area contributed by atoms with E-state index in [2.05, 4.69) is 6.92 Å². The fourth-order valence-electron chi connectivity index (χ4n) is 3.02. The van der Waals surface area contributed by atoms with Crippen LogP contribution in [0.1, 0.15) is 25.3 Å². The number of thioether (sulfide) groups is 1. The Morgan fingerprint density at radius 3 is 2.95 bits per heavy atom. The molecule has 3 rings (SSSR count). The molecule has 2 aliphatic rings. The Bertz CT molecular complexity index is 464. The van der Waals surface area contributed by atoms with Crippen LogP contribution >= 0.6 is 11.8 Å². The van der Waals surface area contributed by atoms with Gasteiger partial charge in [-0.1, -0.05) is 37.3 Å². The van der Waals surface area contributed by atoms with E-state index in [1.54, 1.807) is 0 Å². The van der Waals surface area contributed by atoms with Crippen molar-refractivity contribution in [2.45, 2.75) is 37.2 Å². The molecule has 1 amide bonds. The molecule has 4 heteroatoms. The first-order chi connectivity index (χ1) is 9.23. The summed E-state index contributed by atoms with van der Waals surface area (Å²) in [5.74, 6) is 1.06. The Balaban J connectivity index is 1.62. The highest BCUT2D eigenvalue weighted by molar-refractivity contribution is 8.00. The maximum absolute atomic E-state index is 12.3. The summed E-state index contributed by atoms with van der Waals surface area (Å²) < 4.78 is 5.47. The molecule has 2 saturated heterocycles. The van der Waals surface area contributed by atoms with Crippen molar-refractivity contribution in [1.29, 1.82) is 0 Å². The van der Waals surface area contributed by atoms with Crippen molar-refractivity contribution in [2.24, 2.45) is 0 Å². The molecule has 0 radical (unpaired) electrons.